The number of imide groups is 1. The third-order valence-corrected chi connectivity index (χ3v) is 4.55. The minimum absolute atomic E-state index is 0.355. The number of aromatic nitrogens is 2. The smallest absolute Gasteiger partial charge is 0.290 e. The molecule has 0 atom stereocenters. The van der Waals surface area contributed by atoms with Crippen LogP contribution < -0.4 is 5.32 Å². The Hall–Kier alpha value is -3.37. The number of nitriles is 1. The fraction of sp³-hybridized carbons (Fsp3) is 0. The first kappa shape index (κ1) is 15.2. The molecule has 25 heavy (non-hydrogen) atoms. The van der Waals surface area contributed by atoms with E-state index in [0.29, 0.717) is 16.3 Å². The highest BCUT2D eigenvalue weighted by Crippen LogP contribution is 2.27. The van der Waals surface area contributed by atoms with E-state index in [1.807, 2.05) is 30.3 Å². The van der Waals surface area contributed by atoms with Crippen molar-refractivity contribution in [2.45, 2.75) is 0 Å². The van der Waals surface area contributed by atoms with Gasteiger partial charge in [-0.05, 0) is 41.6 Å². The monoisotopic (exact) mass is 346 g/mol. The van der Waals surface area contributed by atoms with Crippen molar-refractivity contribution >= 4 is 40.0 Å². The van der Waals surface area contributed by atoms with Gasteiger partial charge in [0, 0.05) is 5.56 Å². The molecular formula is C18H10N4O2S. The number of rotatable bonds is 2. The Morgan fingerprint density at radius 3 is 2.60 bits per heavy atom. The van der Waals surface area contributed by atoms with Gasteiger partial charge in [0.25, 0.3) is 11.1 Å². The van der Waals surface area contributed by atoms with E-state index >= 15 is 0 Å². The minimum atomic E-state index is -0.371. The highest BCUT2D eigenvalue weighted by atomic mass is 32.2. The standard InChI is InChI=1S/C18H10N4O2S/c19-9-11-3-6-13-14(7-11)21-16(20-13)12-4-1-10(2-5-12)8-15-17(23)22-18(24)25-15/h1-8H,(H,20,21)(H,22,23,24)/b15-8+. The van der Waals surface area contributed by atoms with Gasteiger partial charge in [0.2, 0.25) is 0 Å². The van der Waals surface area contributed by atoms with Crippen LogP contribution in [0.4, 0.5) is 4.79 Å². The zero-order valence-corrected chi connectivity index (χ0v) is 13.6. The average molecular weight is 346 g/mol. The Morgan fingerprint density at radius 1 is 1.12 bits per heavy atom. The Bertz CT molecular complexity index is 1090. The van der Waals surface area contributed by atoms with Crippen LogP contribution in [-0.4, -0.2) is 21.1 Å². The van der Waals surface area contributed by atoms with Gasteiger partial charge in [-0.25, -0.2) is 4.98 Å². The molecule has 2 heterocycles. The number of carbonyl (C=O) groups is 2. The van der Waals surface area contributed by atoms with E-state index in [1.165, 1.54) is 0 Å². The number of thioether (sulfide) groups is 1. The normalized spacial score (nSPS) is 15.6. The number of amides is 2. The molecule has 1 aliphatic heterocycles. The number of benzene rings is 2. The lowest BCUT2D eigenvalue weighted by Crippen LogP contribution is -2.17. The van der Waals surface area contributed by atoms with E-state index in [4.69, 9.17) is 5.26 Å². The summed E-state index contributed by atoms with van der Waals surface area (Å²) in [6, 6.07) is 14.9. The fourth-order valence-corrected chi connectivity index (χ4v) is 3.20. The lowest BCUT2D eigenvalue weighted by Gasteiger charge is -1.99. The molecule has 3 aromatic rings. The minimum Gasteiger partial charge on any atom is -0.338 e. The van der Waals surface area contributed by atoms with E-state index in [-0.39, 0.29) is 11.1 Å². The molecule has 120 valence electrons. The Kier molecular flexibility index (Phi) is 3.60. The van der Waals surface area contributed by atoms with Gasteiger partial charge in [-0.2, -0.15) is 5.26 Å². The summed E-state index contributed by atoms with van der Waals surface area (Å²) in [5.74, 6) is 0.331. The van der Waals surface area contributed by atoms with Gasteiger partial charge in [-0.3, -0.25) is 14.9 Å². The Morgan fingerprint density at radius 2 is 1.92 bits per heavy atom. The van der Waals surface area contributed by atoms with Crippen LogP contribution >= 0.6 is 11.8 Å². The summed E-state index contributed by atoms with van der Waals surface area (Å²) in [6.07, 6.45) is 1.67. The first-order valence-corrected chi connectivity index (χ1v) is 8.19. The number of carbonyl (C=O) groups excluding carboxylic acids is 2. The maximum atomic E-state index is 11.6. The molecule has 2 amide bonds. The molecular weight excluding hydrogens is 336 g/mol. The lowest BCUT2D eigenvalue weighted by atomic mass is 10.1. The van der Waals surface area contributed by atoms with E-state index in [1.54, 1.807) is 18.2 Å². The lowest BCUT2D eigenvalue weighted by molar-refractivity contribution is -0.115. The van der Waals surface area contributed by atoms with Gasteiger partial charge in [-0.15, -0.1) is 0 Å². The maximum absolute atomic E-state index is 11.6. The van der Waals surface area contributed by atoms with Crippen LogP contribution in [0.25, 0.3) is 28.5 Å². The SMILES string of the molecule is N#Cc1ccc2[nH]c(-c3ccc(/C=C4/SC(=O)NC4=O)cc3)nc2c1. The molecule has 0 saturated carbocycles. The number of hydrogen-bond donors (Lipinski definition) is 2. The largest absolute Gasteiger partial charge is 0.338 e. The van der Waals surface area contributed by atoms with E-state index < -0.39 is 0 Å². The van der Waals surface area contributed by atoms with Crippen LogP contribution in [0.2, 0.25) is 0 Å². The summed E-state index contributed by atoms with van der Waals surface area (Å²) in [5.41, 5.74) is 3.86. The number of aromatic amines is 1. The van der Waals surface area contributed by atoms with Crippen LogP contribution in [0.3, 0.4) is 0 Å². The number of fused-ring (bicyclic) bond motifs is 1. The predicted molar refractivity (Wildman–Crippen MR) is 95.4 cm³/mol. The molecule has 0 radical (unpaired) electrons. The van der Waals surface area contributed by atoms with Crippen LogP contribution in [0.15, 0.2) is 47.4 Å². The topological polar surface area (TPSA) is 98.6 Å². The van der Waals surface area contributed by atoms with Crippen LogP contribution in [0.5, 0.6) is 0 Å². The van der Waals surface area contributed by atoms with Crippen LogP contribution in [-0.2, 0) is 4.79 Å². The van der Waals surface area contributed by atoms with Crippen LogP contribution in [0.1, 0.15) is 11.1 Å². The molecule has 7 heteroatoms. The second-order valence-corrected chi connectivity index (χ2v) is 6.42. The zero-order chi connectivity index (χ0) is 17.4. The summed E-state index contributed by atoms with van der Waals surface area (Å²) < 4.78 is 0. The Labute approximate surface area is 146 Å². The van der Waals surface area contributed by atoms with E-state index in [0.717, 1.165) is 33.9 Å². The first-order chi connectivity index (χ1) is 12.1. The van der Waals surface area contributed by atoms with Crippen molar-refractivity contribution in [2.75, 3.05) is 0 Å². The number of hydrogen-bond acceptors (Lipinski definition) is 5. The molecule has 1 aromatic heterocycles. The van der Waals surface area contributed by atoms with Gasteiger partial charge in [0.15, 0.2) is 0 Å². The van der Waals surface area contributed by atoms with Gasteiger partial charge >= 0.3 is 0 Å². The highest BCUT2D eigenvalue weighted by molar-refractivity contribution is 8.18. The van der Waals surface area contributed by atoms with Crippen molar-refractivity contribution in [3.63, 3.8) is 0 Å². The Balaban J connectivity index is 1.64. The second kappa shape index (κ2) is 5.92. The maximum Gasteiger partial charge on any atom is 0.290 e. The molecule has 0 unspecified atom stereocenters. The molecule has 2 aromatic carbocycles. The van der Waals surface area contributed by atoms with Gasteiger partial charge in [0.05, 0.1) is 27.6 Å². The van der Waals surface area contributed by atoms with E-state index in [2.05, 4.69) is 21.4 Å². The molecule has 1 saturated heterocycles. The van der Waals surface area contributed by atoms with Crippen molar-refractivity contribution in [1.29, 1.82) is 5.26 Å². The summed E-state index contributed by atoms with van der Waals surface area (Å²) >= 11 is 0.892. The number of nitrogens with zero attached hydrogens (tertiary/aromatic N) is 2. The first-order valence-electron chi connectivity index (χ1n) is 7.37. The predicted octanol–water partition coefficient (Wildman–Crippen LogP) is 3.43. The van der Waals surface area contributed by atoms with Gasteiger partial charge in [-0.1, -0.05) is 24.3 Å². The van der Waals surface area contributed by atoms with Crippen molar-refractivity contribution in [1.82, 2.24) is 15.3 Å². The quantitative estimate of drug-likeness (QED) is 0.693. The number of H-pyrrole nitrogens is 1. The van der Waals surface area contributed by atoms with Gasteiger partial charge < -0.3 is 4.98 Å². The highest BCUT2D eigenvalue weighted by Gasteiger charge is 2.24. The van der Waals surface area contributed by atoms with E-state index in [9.17, 15) is 9.59 Å². The second-order valence-electron chi connectivity index (χ2n) is 5.40. The third kappa shape index (κ3) is 2.91. The van der Waals surface area contributed by atoms with Crippen molar-refractivity contribution < 1.29 is 9.59 Å². The number of nitrogens with one attached hydrogen (secondary N) is 2. The number of imidazole rings is 1. The van der Waals surface area contributed by atoms with Gasteiger partial charge in [0.1, 0.15) is 5.82 Å². The molecule has 4 rings (SSSR count). The summed E-state index contributed by atoms with van der Waals surface area (Å²) in [7, 11) is 0. The summed E-state index contributed by atoms with van der Waals surface area (Å²) in [5, 5.41) is 10.8. The molecule has 1 aliphatic rings. The molecule has 6 nitrogen and oxygen atoms in total. The van der Waals surface area contributed by atoms with Crippen LogP contribution in [0, 0.1) is 11.3 Å². The van der Waals surface area contributed by atoms with Crippen molar-refractivity contribution in [3.8, 4) is 17.5 Å². The molecule has 0 bridgehead atoms. The summed E-state index contributed by atoms with van der Waals surface area (Å²) in [6.45, 7) is 0. The molecule has 2 N–H and O–H groups in total. The van der Waals surface area contributed by atoms with Crippen molar-refractivity contribution in [3.05, 3.63) is 58.5 Å². The van der Waals surface area contributed by atoms with Crippen molar-refractivity contribution in [2.24, 2.45) is 0 Å². The fourth-order valence-electron chi connectivity index (χ4n) is 2.52. The molecule has 0 spiro atoms. The average Bonchev–Trinajstić information content (AvgIpc) is 3.17. The summed E-state index contributed by atoms with van der Waals surface area (Å²) in [4.78, 5) is 30.9. The molecule has 1 fully saturated rings. The third-order valence-electron chi connectivity index (χ3n) is 3.74. The molecule has 0 aliphatic carbocycles. The zero-order valence-electron chi connectivity index (χ0n) is 12.7.